The lowest BCUT2D eigenvalue weighted by Gasteiger charge is -2.20. The van der Waals surface area contributed by atoms with Crippen molar-refractivity contribution in [3.05, 3.63) is 57.3 Å². The monoisotopic (exact) mass is 369 g/mol. The van der Waals surface area contributed by atoms with Crippen LogP contribution in [0.2, 0.25) is 5.02 Å². The molecule has 1 heterocycles. The number of anilines is 1. The zero-order chi connectivity index (χ0) is 14.8. The van der Waals surface area contributed by atoms with Crippen LogP contribution in [0.5, 0.6) is 5.75 Å². The molecule has 0 radical (unpaired) electrons. The maximum absolute atomic E-state index is 13.4. The van der Waals surface area contributed by atoms with Gasteiger partial charge in [-0.25, -0.2) is 4.39 Å². The minimum atomic E-state index is -0.303. The van der Waals surface area contributed by atoms with E-state index in [0.717, 1.165) is 28.6 Å². The minimum absolute atomic E-state index is 0.0508. The summed E-state index contributed by atoms with van der Waals surface area (Å²) in [6.07, 6.45) is 1.83. The van der Waals surface area contributed by atoms with Gasteiger partial charge >= 0.3 is 0 Å². The Morgan fingerprint density at radius 2 is 2.10 bits per heavy atom. The summed E-state index contributed by atoms with van der Waals surface area (Å²) in [5.41, 5.74) is 1.67. The molecule has 0 bridgehead atoms. The third-order valence-corrected chi connectivity index (χ3v) is 4.33. The highest BCUT2D eigenvalue weighted by atomic mass is 79.9. The van der Waals surface area contributed by atoms with Crippen LogP contribution in [-0.2, 0) is 0 Å². The molecular formula is C16H14BrClFNO. The Morgan fingerprint density at radius 1 is 1.24 bits per heavy atom. The van der Waals surface area contributed by atoms with Gasteiger partial charge in [-0.1, -0.05) is 33.6 Å². The second-order valence-electron chi connectivity index (χ2n) is 4.99. The number of rotatable bonds is 2. The van der Waals surface area contributed by atoms with Crippen molar-refractivity contribution >= 4 is 33.2 Å². The average molecular weight is 371 g/mol. The van der Waals surface area contributed by atoms with Crippen molar-refractivity contribution in [1.82, 2.24) is 0 Å². The van der Waals surface area contributed by atoms with Crippen molar-refractivity contribution in [2.45, 2.75) is 18.9 Å². The van der Waals surface area contributed by atoms with E-state index in [1.165, 1.54) is 12.1 Å². The Labute approximate surface area is 136 Å². The number of hydrogen-bond acceptors (Lipinski definition) is 2. The van der Waals surface area contributed by atoms with E-state index in [-0.39, 0.29) is 11.9 Å². The van der Waals surface area contributed by atoms with Crippen LogP contribution in [-0.4, -0.2) is 6.61 Å². The molecule has 1 unspecified atom stereocenters. The summed E-state index contributed by atoms with van der Waals surface area (Å²) in [7, 11) is 0. The van der Waals surface area contributed by atoms with Gasteiger partial charge in [-0.15, -0.1) is 0 Å². The van der Waals surface area contributed by atoms with Crippen LogP contribution >= 0.6 is 27.5 Å². The van der Waals surface area contributed by atoms with Gasteiger partial charge in [0.25, 0.3) is 0 Å². The van der Waals surface area contributed by atoms with Gasteiger partial charge in [0.1, 0.15) is 11.6 Å². The fourth-order valence-electron chi connectivity index (χ4n) is 2.49. The van der Waals surface area contributed by atoms with Crippen molar-refractivity contribution in [3.8, 4) is 5.75 Å². The first-order valence-corrected chi connectivity index (χ1v) is 7.94. The molecule has 2 aromatic rings. The van der Waals surface area contributed by atoms with Crippen LogP contribution in [0, 0.1) is 5.82 Å². The van der Waals surface area contributed by atoms with E-state index < -0.39 is 0 Å². The summed E-state index contributed by atoms with van der Waals surface area (Å²) in [6.45, 7) is 0.679. The van der Waals surface area contributed by atoms with Crippen LogP contribution in [0.3, 0.4) is 0 Å². The summed E-state index contributed by atoms with van der Waals surface area (Å²) < 4.78 is 20.2. The molecule has 0 saturated carbocycles. The third kappa shape index (κ3) is 3.33. The minimum Gasteiger partial charge on any atom is -0.493 e. The Morgan fingerprint density at radius 3 is 2.95 bits per heavy atom. The lowest BCUT2D eigenvalue weighted by molar-refractivity contribution is 0.316. The predicted octanol–water partition coefficient (Wildman–Crippen LogP) is 5.57. The number of fused-ring (bicyclic) bond motifs is 1. The molecule has 1 aliphatic rings. The number of hydrogen-bond donors (Lipinski definition) is 1. The Bertz CT molecular complexity index is 665. The topological polar surface area (TPSA) is 21.3 Å². The first kappa shape index (κ1) is 14.7. The zero-order valence-corrected chi connectivity index (χ0v) is 13.5. The standard InChI is InChI=1S/C16H14BrClFNO/c17-10-3-5-12-14(2-1-7-21-16(12)8-10)20-15-9-11(19)4-6-13(15)18/h3-6,8-9,14,20H,1-2,7H2. The van der Waals surface area contributed by atoms with Crippen LogP contribution in [0.4, 0.5) is 10.1 Å². The highest BCUT2D eigenvalue weighted by molar-refractivity contribution is 9.10. The molecule has 3 rings (SSSR count). The molecule has 110 valence electrons. The van der Waals surface area contributed by atoms with E-state index in [1.54, 1.807) is 6.07 Å². The Hall–Kier alpha value is -1.26. The van der Waals surface area contributed by atoms with E-state index >= 15 is 0 Å². The van der Waals surface area contributed by atoms with Crippen molar-refractivity contribution in [3.63, 3.8) is 0 Å². The summed E-state index contributed by atoms with van der Waals surface area (Å²) in [5, 5.41) is 3.85. The van der Waals surface area contributed by atoms with Crippen LogP contribution < -0.4 is 10.1 Å². The van der Waals surface area contributed by atoms with Crippen LogP contribution in [0.1, 0.15) is 24.4 Å². The van der Waals surface area contributed by atoms with E-state index in [9.17, 15) is 4.39 Å². The smallest absolute Gasteiger partial charge is 0.125 e. The van der Waals surface area contributed by atoms with Crippen LogP contribution in [0.25, 0.3) is 0 Å². The Kier molecular flexibility index (Phi) is 4.36. The summed E-state index contributed by atoms with van der Waals surface area (Å²) >= 11 is 9.59. The summed E-state index contributed by atoms with van der Waals surface area (Å²) in [4.78, 5) is 0. The SMILES string of the molecule is Fc1ccc(Cl)c(NC2CCCOc3cc(Br)ccc32)c1. The molecule has 1 atom stereocenters. The molecule has 1 N–H and O–H groups in total. The molecule has 1 aliphatic heterocycles. The molecule has 0 amide bonds. The third-order valence-electron chi connectivity index (χ3n) is 3.50. The molecule has 0 saturated heterocycles. The van der Waals surface area contributed by atoms with Gasteiger partial charge in [0.2, 0.25) is 0 Å². The molecule has 0 spiro atoms. The van der Waals surface area contributed by atoms with Gasteiger partial charge in [-0.3, -0.25) is 0 Å². The largest absolute Gasteiger partial charge is 0.493 e. The van der Waals surface area contributed by atoms with Gasteiger partial charge < -0.3 is 10.1 Å². The zero-order valence-electron chi connectivity index (χ0n) is 11.2. The quantitative estimate of drug-likeness (QED) is 0.746. The molecule has 2 aromatic carbocycles. The van der Waals surface area contributed by atoms with Gasteiger partial charge in [-0.2, -0.15) is 0 Å². The Balaban J connectivity index is 1.94. The van der Waals surface area contributed by atoms with Crippen molar-refractivity contribution in [2.24, 2.45) is 0 Å². The fourth-order valence-corrected chi connectivity index (χ4v) is 3.00. The molecule has 0 aliphatic carbocycles. The predicted molar refractivity (Wildman–Crippen MR) is 86.6 cm³/mol. The normalized spacial score (nSPS) is 17.6. The molecular weight excluding hydrogens is 357 g/mol. The molecule has 0 fully saturated rings. The van der Waals surface area contributed by atoms with Gasteiger partial charge in [0.05, 0.1) is 23.4 Å². The maximum Gasteiger partial charge on any atom is 0.125 e. The first-order valence-electron chi connectivity index (χ1n) is 6.77. The summed E-state index contributed by atoms with van der Waals surface area (Å²) in [5.74, 6) is 0.551. The second kappa shape index (κ2) is 6.24. The number of benzene rings is 2. The molecule has 5 heteroatoms. The summed E-state index contributed by atoms with van der Waals surface area (Å²) in [6, 6.07) is 10.4. The highest BCUT2D eigenvalue weighted by Crippen LogP contribution is 2.37. The van der Waals surface area contributed by atoms with Crippen LogP contribution in [0.15, 0.2) is 40.9 Å². The van der Waals surface area contributed by atoms with Gasteiger partial charge in [0.15, 0.2) is 0 Å². The number of nitrogens with one attached hydrogen (secondary N) is 1. The van der Waals surface area contributed by atoms with E-state index in [2.05, 4.69) is 21.2 Å². The van der Waals surface area contributed by atoms with E-state index in [1.807, 2.05) is 18.2 Å². The van der Waals surface area contributed by atoms with E-state index in [0.29, 0.717) is 17.3 Å². The van der Waals surface area contributed by atoms with Gasteiger partial charge in [0, 0.05) is 10.0 Å². The average Bonchev–Trinajstić information content (AvgIpc) is 2.65. The van der Waals surface area contributed by atoms with E-state index in [4.69, 9.17) is 16.3 Å². The number of halogens is 3. The van der Waals surface area contributed by atoms with Gasteiger partial charge in [-0.05, 0) is 43.2 Å². The maximum atomic E-state index is 13.4. The van der Waals surface area contributed by atoms with Crippen molar-refractivity contribution < 1.29 is 9.13 Å². The highest BCUT2D eigenvalue weighted by Gasteiger charge is 2.20. The number of ether oxygens (including phenoxy) is 1. The molecule has 21 heavy (non-hydrogen) atoms. The second-order valence-corrected chi connectivity index (χ2v) is 6.32. The lowest BCUT2D eigenvalue weighted by Crippen LogP contribution is -2.10. The van der Waals surface area contributed by atoms with Crippen molar-refractivity contribution in [2.75, 3.05) is 11.9 Å². The fraction of sp³-hybridized carbons (Fsp3) is 0.250. The first-order chi connectivity index (χ1) is 10.1. The molecule has 2 nitrogen and oxygen atoms in total. The molecule has 0 aromatic heterocycles. The lowest BCUT2D eigenvalue weighted by atomic mass is 10.0. The van der Waals surface area contributed by atoms with Crippen molar-refractivity contribution in [1.29, 1.82) is 0 Å².